The van der Waals surface area contributed by atoms with Gasteiger partial charge in [-0.15, -0.1) is 0 Å². The maximum Gasteiger partial charge on any atom is 0.0990 e. The lowest BCUT2D eigenvalue weighted by molar-refractivity contribution is 0.299. The van der Waals surface area contributed by atoms with E-state index in [1.807, 2.05) is 0 Å². The van der Waals surface area contributed by atoms with Crippen LogP contribution in [-0.2, 0) is 0 Å². The first kappa shape index (κ1) is 43.5. The van der Waals surface area contributed by atoms with E-state index in [2.05, 4.69) is 64.6 Å². The predicted molar refractivity (Wildman–Crippen MR) is 220 cm³/mol. The standard InChI is InChI=1S/C44H83N5/c1-3-5-7-9-11-13-15-17-19-21-23-25-27-29-31-33-43(49-39-36-46-42-49)41-45-35-38-48-40-37-47-44(48)34-32-30-28-26-24-22-20-18-16-14-12-10-8-6-4-2/h17-20,42-43,45H,3-16,21-41H2,1-2H3. The van der Waals surface area contributed by atoms with Crippen LogP contribution in [0.5, 0.6) is 0 Å². The maximum atomic E-state index is 4.88. The smallest absolute Gasteiger partial charge is 0.0990 e. The summed E-state index contributed by atoms with van der Waals surface area (Å²) in [6.07, 6.45) is 49.8. The van der Waals surface area contributed by atoms with E-state index in [1.54, 1.807) is 0 Å². The fourth-order valence-electron chi connectivity index (χ4n) is 7.35. The fraction of sp³-hybridized carbons (Fsp3) is 0.864. The molecule has 0 spiro atoms. The fourth-order valence-corrected chi connectivity index (χ4v) is 7.35. The van der Waals surface area contributed by atoms with Gasteiger partial charge in [-0.3, -0.25) is 9.98 Å². The first-order chi connectivity index (χ1) is 24.3. The van der Waals surface area contributed by atoms with Gasteiger partial charge < -0.3 is 15.1 Å². The molecule has 0 amide bonds. The minimum Gasteiger partial charge on any atom is -0.357 e. The summed E-state index contributed by atoms with van der Waals surface area (Å²) in [6, 6.07) is 0.582. The molecule has 0 bridgehead atoms. The van der Waals surface area contributed by atoms with Gasteiger partial charge in [-0.05, 0) is 64.2 Å². The molecule has 0 fully saturated rings. The molecule has 1 N–H and O–H groups in total. The zero-order valence-electron chi connectivity index (χ0n) is 33.0. The lowest BCUT2D eigenvalue weighted by atomic mass is 10.0. The summed E-state index contributed by atoms with van der Waals surface area (Å²) in [5.41, 5.74) is 0. The summed E-state index contributed by atoms with van der Waals surface area (Å²) in [5, 5.41) is 3.82. The van der Waals surface area contributed by atoms with Gasteiger partial charge in [-0.25, -0.2) is 0 Å². The number of allylic oxidation sites excluding steroid dienone is 4. The average molecular weight is 682 g/mol. The van der Waals surface area contributed by atoms with Crippen LogP contribution in [-0.4, -0.2) is 73.8 Å². The van der Waals surface area contributed by atoms with E-state index in [1.165, 1.54) is 186 Å². The second-order valence-electron chi connectivity index (χ2n) is 15.1. The number of nitrogens with one attached hydrogen (secondary N) is 1. The van der Waals surface area contributed by atoms with Crippen molar-refractivity contribution in [3.05, 3.63) is 24.3 Å². The second kappa shape index (κ2) is 33.5. The molecule has 49 heavy (non-hydrogen) atoms. The molecule has 2 aliphatic rings. The van der Waals surface area contributed by atoms with Gasteiger partial charge in [0.2, 0.25) is 0 Å². The molecule has 5 nitrogen and oxygen atoms in total. The predicted octanol–water partition coefficient (Wildman–Crippen LogP) is 12.1. The summed E-state index contributed by atoms with van der Waals surface area (Å²) in [4.78, 5) is 14.5. The molecule has 2 heterocycles. The molecule has 0 saturated carbocycles. The van der Waals surface area contributed by atoms with E-state index in [0.717, 1.165) is 45.8 Å². The highest BCUT2D eigenvalue weighted by molar-refractivity contribution is 5.83. The molecule has 5 heteroatoms. The van der Waals surface area contributed by atoms with Gasteiger partial charge >= 0.3 is 0 Å². The third-order valence-electron chi connectivity index (χ3n) is 10.6. The van der Waals surface area contributed by atoms with Gasteiger partial charge in [0, 0.05) is 45.2 Å². The van der Waals surface area contributed by atoms with Gasteiger partial charge in [-0.2, -0.15) is 0 Å². The molecule has 1 unspecified atom stereocenters. The number of amidine groups is 1. The first-order valence-corrected chi connectivity index (χ1v) is 21.9. The first-order valence-electron chi connectivity index (χ1n) is 21.9. The normalized spacial score (nSPS) is 15.5. The quantitative estimate of drug-likeness (QED) is 0.0529. The van der Waals surface area contributed by atoms with Crippen molar-refractivity contribution in [3.63, 3.8) is 0 Å². The number of hydrogen-bond donors (Lipinski definition) is 1. The summed E-state index contributed by atoms with van der Waals surface area (Å²) < 4.78 is 0. The summed E-state index contributed by atoms with van der Waals surface area (Å²) >= 11 is 0. The zero-order chi connectivity index (χ0) is 34.7. The molecule has 0 aliphatic carbocycles. The maximum absolute atomic E-state index is 4.88. The minimum absolute atomic E-state index is 0.582. The minimum atomic E-state index is 0.582. The van der Waals surface area contributed by atoms with Gasteiger partial charge in [0.05, 0.1) is 25.3 Å². The molecular weight excluding hydrogens is 599 g/mol. The molecule has 0 radical (unpaired) electrons. The Morgan fingerprint density at radius 2 is 1.12 bits per heavy atom. The van der Waals surface area contributed by atoms with Crippen LogP contribution in [0.25, 0.3) is 0 Å². The van der Waals surface area contributed by atoms with Crippen molar-refractivity contribution >= 4 is 12.2 Å². The van der Waals surface area contributed by atoms with Crippen molar-refractivity contribution in [1.29, 1.82) is 0 Å². The lowest BCUT2D eigenvalue weighted by Crippen LogP contribution is -2.43. The van der Waals surface area contributed by atoms with Crippen molar-refractivity contribution in [2.45, 2.75) is 200 Å². The Bertz CT molecular complexity index is 833. The molecule has 0 saturated heterocycles. The van der Waals surface area contributed by atoms with E-state index >= 15 is 0 Å². The van der Waals surface area contributed by atoms with Crippen LogP contribution in [0.2, 0.25) is 0 Å². The third kappa shape index (κ3) is 25.1. The monoisotopic (exact) mass is 682 g/mol. The van der Waals surface area contributed by atoms with E-state index in [-0.39, 0.29) is 0 Å². The molecule has 0 aromatic carbocycles. The highest BCUT2D eigenvalue weighted by Gasteiger charge is 2.19. The van der Waals surface area contributed by atoms with Crippen LogP contribution in [0.3, 0.4) is 0 Å². The largest absolute Gasteiger partial charge is 0.357 e. The van der Waals surface area contributed by atoms with E-state index < -0.39 is 0 Å². The number of nitrogens with zero attached hydrogens (tertiary/aromatic N) is 4. The summed E-state index contributed by atoms with van der Waals surface area (Å²) in [7, 11) is 0. The molecule has 284 valence electrons. The Balaban J connectivity index is 1.44. The van der Waals surface area contributed by atoms with Gasteiger partial charge in [0.1, 0.15) is 0 Å². The lowest BCUT2D eigenvalue weighted by Gasteiger charge is -2.28. The third-order valence-corrected chi connectivity index (χ3v) is 10.6. The Kier molecular flexibility index (Phi) is 29.8. The number of hydrogen-bond acceptors (Lipinski definition) is 5. The molecule has 0 aromatic rings. The summed E-state index contributed by atoms with van der Waals surface area (Å²) in [6.45, 7) is 12.0. The zero-order valence-corrected chi connectivity index (χ0v) is 33.0. The van der Waals surface area contributed by atoms with Crippen LogP contribution < -0.4 is 5.32 Å². The van der Waals surface area contributed by atoms with E-state index in [4.69, 9.17) is 4.99 Å². The van der Waals surface area contributed by atoms with Crippen molar-refractivity contribution in [1.82, 2.24) is 15.1 Å². The van der Waals surface area contributed by atoms with Crippen LogP contribution in [0, 0.1) is 0 Å². The SMILES string of the molecule is CCCCCCCCC=CCCCCCCCC1=NCCN1CCNCC(CCCCCCCC=CCCCCCCCC)N1C=NCC1. The van der Waals surface area contributed by atoms with Crippen LogP contribution in [0.4, 0.5) is 0 Å². The van der Waals surface area contributed by atoms with Crippen molar-refractivity contribution in [3.8, 4) is 0 Å². The van der Waals surface area contributed by atoms with Crippen molar-refractivity contribution < 1.29 is 0 Å². The van der Waals surface area contributed by atoms with Crippen LogP contribution >= 0.6 is 0 Å². The molecular formula is C44H83N5. The Hall–Kier alpha value is -1.62. The van der Waals surface area contributed by atoms with Gasteiger partial charge in [-0.1, -0.05) is 147 Å². The average Bonchev–Trinajstić information content (AvgIpc) is 3.82. The van der Waals surface area contributed by atoms with Gasteiger partial charge in [0.15, 0.2) is 0 Å². The van der Waals surface area contributed by atoms with E-state index in [0.29, 0.717) is 6.04 Å². The number of unbranched alkanes of at least 4 members (excludes halogenated alkanes) is 22. The molecule has 2 rings (SSSR count). The Labute approximate surface area is 306 Å². The number of aliphatic imine (C=N–C) groups is 2. The van der Waals surface area contributed by atoms with Crippen LogP contribution in [0.1, 0.15) is 194 Å². The molecule has 2 aliphatic heterocycles. The van der Waals surface area contributed by atoms with Crippen molar-refractivity contribution in [2.24, 2.45) is 9.98 Å². The highest BCUT2D eigenvalue weighted by atomic mass is 15.3. The summed E-state index contributed by atoms with van der Waals surface area (Å²) in [5.74, 6) is 1.37. The molecule has 0 aromatic heterocycles. The number of rotatable bonds is 36. The topological polar surface area (TPSA) is 43.2 Å². The highest BCUT2D eigenvalue weighted by Crippen LogP contribution is 2.15. The second-order valence-corrected chi connectivity index (χ2v) is 15.1. The Morgan fingerprint density at radius 1 is 0.612 bits per heavy atom. The van der Waals surface area contributed by atoms with Gasteiger partial charge in [0.25, 0.3) is 0 Å². The van der Waals surface area contributed by atoms with Crippen LogP contribution in [0.15, 0.2) is 34.3 Å². The van der Waals surface area contributed by atoms with E-state index in [9.17, 15) is 0 Å². The molecule has 1 atom stereocenters. The van der Waals surface area contributed by atoms with Crippen molar-refractivity contribution in [2.75, 3.05) is 45.8 Å². The Morgan fingerprint density at radius 3 is 1.65 bits per heavy atom.